The fraction of sp³-hybridized carbons (Fsp3) is 0.0769. The van der Waals surface area contributed by atoms with Gasteiger partial charge in [0.2, 0.25) is 5.91 Å². The molecule has 0 saturated carbocycles. The molecule has 0 aliphatic heterocycles. The molecule has 0 aromatic heterocycles. The average molecular weight is 229 g/mol. The van der Waals surface area contributed by atoms with E-state index in [1.54, 1.807) is 24.3 Å². The first-order valence-electron chi connectivity index (χ1n) is 5.09. The molecule has 1 rings (SSSR count). The molecule has 0 saturated heterocycles. The van der Waals surface area contributed by atoms with E-state index < -0.39 is 5.92 Å². The number of anilines is 1. The third-order valence-electron chi connectivity index (χ3n) is 2.31. The normalized spacial score (nSPS) is 11.3. The minimum atomic E-state index is -0.406. The van der Waals surface area contributed by atoms with Crippen molar-refractivity contribution in [3.8, 4) is 0 Å². The molecule has 1 atom stereocenters. The van der Waals surface area contributed by atoms with E-state index in [0.29, 0.717) is 5.69 Å². The molecule has 1 aromatic carbocycles. The maximum absolute atomic E-state index is 11.3. The van der Waals surface area contributed by atoms with Crippen LogP contribution in [0.4, 0.5) is 5.69 Å². The van der Waals surface area contributed by atoms with Gasteiger partial charge in [-0.15, -0.1) is 6.58 Å². The van der Waals surface area contributed by atoms with Gasteiger partial charge < -0.3 is 11.1 Å². The zero-order valence-electron chi connectivity index (χ0n) is 9.44. The van der Waals surface area contributed by atoms with Crippen molar-refractivity contribution in [2.24, 2.45) is 5.73 Å². The smallest absolute Gasteiger partial charge is 0.247 e. The molecule has 0 heterocycles. The van der Waals surface area contributed by atoms with Gasteiger partial charge >= 0.3 is 0 Å². The maximum atomic E-state index is 11.3. The molecule has 88 valence electrons. The average Bonchev–Trinajstić information content (AvgIpc) is 2.31. The predicted molar refractivity (Wildman–Crippen MR) is 70.1 cm³/mol. The van der Waals surface area contributed by atoms with Crippen LogP contribution in [0.5, 0.6) is 0 Å². The fourth-order valence-corrected chi connectivity index (χ4v) is 1.49. The molecule has 0 fully saturated rings. The molecule has 1 amide bonds. The summed E-state index contributed by atoms with van der Waals surface area (Å²) >= 11 is 0. The molecule has 4 nitrogen and oxygen atoms in total. The van der Waals surface area contributed by atoms with Gasteiger partial charge in [0, 0.05) is 5.69 Å². The number of nitrogens with one attached hydrogen (secondary N) is 2. The van der Waals surface area contributed by atoms with Crippen molar-refractivity contribution in [3.63, 3.8) is 0 Å². The van der Waals surface area contributed by atoms with Crippen LogP contribution in [0.15, 0.2) is 49.6 Å². The summed E-state index contributed by atoms with van der Waals surface area (Å²) in [7, 11) is 0. The Labute approximate surface area is 100 Å². The summed E-state index contributed by atoms with van der Waals surface area (Å²) in [5.74, 6) is -0.722. The quantitative estimate of drug-likeness (QED) is 0.312. The number of nitrogens with two attached hydrogens (primary N) is 1. The van der Waals surface area contributed by atoms with Gasteiger partial charge in [-0.05, 0) is 17.7 Å². The standard InChI is InChI=1S/C13H15N3O/c1-3-9(13(14)15)10-7-5-6-8-11(10)16-12(17)4-2/h3-9H,1-2H2,(H3,14,15)(H,16,17). The molecule has 4 heteroatoms. The van der Waals surface area contributed by atoms with E-state index in [0.717, 1.165) is 5.56 Å². The first kappa shape index (κ1) is 12.7. The monoisotopic (exact) mass is 229 g/mol. The first-order chi connectivity index (χ1) is 8.10. The molecule has 0 spiro atoms. The van der Waals surface area contributed by atoms with Crippen LogP contribution in [0, 0.1) is 5.41 Å². The maximum Gasteiger partial charge on any atom is 0.247 e. The van der Waals surface area contributed by atoms with E-state index in [1.165, 1.54) is 6.08 Å². The Hall–Kier alpha value is -2.36. The molecule has 0 aliphatic rings. The van der Waals surface area contributed by atoms with Crippen LogP contribution in [0.25, 0.3) is 0 Å². The van der Waals surface area contributed by atoms with Gasteiger partial charge in [0.15, 0.2) is 0 Å². The van der Waals surface area contributed by atoms with Crippen molar-refractivity contribution in [1.82, 2.24) is 0 Å². The lowest BCUT2D eigenvalue weighted by Crippen LogP contribution is -2.20. The van der Waals surface area contributed by atoms with E-state index >= 15 is 0 Å². The molecular formula is C13H15N3O. The second kappa shape index (κ2) is 5.65. The van der Waals surface area contributed by atoms with E-state index in [1.807, 2.05) is 6.07 Å². The van der Waals surface area contributed by atoms with Gasteiger partial charge in [-0.25, -0.2) is 0 Å². The van der Waals surface area contributed by atoms with Crippen molar-refractivity contribution in [2.45, 2.75) is 5.92 Å². The van der Waals surface area contributed by atoms with Gasteiger partial charge in [0.05, 0.1) is 5.92 Å². The number of amides is 1. The number of para-hydroxylation sites is 1. The SMILES string of the molecule is C=CC(=O)Nc1ccccc1C(C=C)C(=N)N. The minimum Gasteiger partial charge on any atom is -0.387 e. The fourth-order valence-electron chi connectivity index (χ4n) is 1.49. The molecule has 0 aliphatic carbocycles. The van der Waals surface area contributed by atoms with E-state index in [2.05, 4.69) is 18.5 Å². The molecule has 1 unspecified atom stereocenters. The summed E-state index contributed by atoms with van der Waals surface area (Å²) < 4.78 is 0. The van der Waals surface area contributed by atoms with Crippen LogP contribution >= 0.6 is 0 Å². The van der Waals surface area contributed by atoms with Crippen LogP contribution in [-0.4, -0.2) is 11.7 Å². The highest BCUT2D eigenvalue weighted by atomic mass is 16.1. The minimum absolute atomic E-state index is 0.0136. The van der Waals surface area contributed by atoms with Crippen LogP contribution < -0.4 is 11.1 Å². The number of carbonyl (C=O) groups is 1. The number of hydrogen-bond donors (Lipinski definition) is 3. The highest BCUT2D eigenvalue weighted by molar-refractivity contribution is 6.00. The van der Waals surface area contributed by atoms with Crippen LogP contribution in [0.1, 0.15) is 11.5 Å². The van der Waals surface area contributed by atoms with Crippen molar-refractivity contribution in [1.29, 1.82) is 5.41 Å². The summed E-state index contributed by atoms with van der Waals surface area (Å²) in [4.78, 5) is 11.3. The Balaban J connectivity index is 3.14. The van der Waals surface area contributed by atoms with Crippen molar-refractivity contribution in [3.05, 3.63) is 55.1 Å². The number of benzene rings is 1. The molecule has 1 aromatic rings. The van der Waals surface area contributed by atoms with Crippen molar-refractivity contribution >= 4 is 17.4 Å². The van der Waals surface area contributed by atoms with Crippen molar-refractivity contribution < 1.29 is 4.79 Å². The summed E-state index contributed by atoms with van der Waals surface area (Å²) in [6.07, 6.45) is 2.76. The number of hydrogen-bond acceptors (Lipinski definition) is 2. The van der Waals surface area contributed by atoms with E-state index in [4.69, 9.17) is 11.1 Å². The van der Waals surface area contributed by atoms with Crippen LogP contribution in [-0.2, 0) is 4.79 Å². The van der Waals surface area contributed by atoms with Gasteiger partial charge in [-0.3, -0.25) is 10.2 Å². The first-order valence-corrected chi connectivity index (χ1v) is 5.09. The van der Waals surface area contributed by atoms with Crippen molar-refractivity contribution in [2.75, 3.05) is 5.32 Å². The third kappa shape index (κ3) is 3.04. The Morgan fingerprint density at radius 1 is 1.41 bits per heavy atom. The second-order valence-corrected chi connectivity index (χ2v) is 3.45. The number of carbonyl (C=O) groups excluding carboxylic acids is 1. The summed E-state index contributed by atoms with van der Waals surface area (Å²) in [6.45, 7) is 7.03. The highest BCUT2D eigenvalue weighted by Crippen LogP contribution is 2.25. The van der Waals surface area contributed by atoms with E-state index in [9.17, 15) is 4.79 Å². The highest BCUT2D eigenvalue weighted by Gasteiger charge is 2.15. The van der Waals surface area contributed by atoms with Gasteiger partial charge in [-0.1, -0.05) is 30.9 Å². The largest absolute Gasteiger partial charge is 0.387 e. The van der Waals surface area contributed by atoms with Gasteiger partial charge in [0.1, 0.15) is 5.84 Å². The number of rotatable bonds is 5. The Kier molecular flexibility index (Phi) is 4.22. The second-order valence-electron chi connectivity index (χ2n) is 3.45. The predicted octanol–water partition coefficient (Wildman–Crippen LogP) is 2.02. The van der Waals surface area contributed by atoms with Crippen LogP contribution in [0.3, 0.4) is 0 Å². The zero-order valence-corrected chi connectivity index (χ0v) is 9.44. The molecule has 17 heavy (non-hydrogen) atoms. The molecule has 0 radical (unpaired) electrons. The van der Waals surface area contributed by atoms with Crippen LogP contribution in [0.2, 0.25) is 0 Å². The molecular weight excluding hydrogens is 214 g/mol. The summed E-state index contributed by atoms with van der Waals surface area (Å²) in [5.41, 5.74) is 6.84. The number of amidine groups is 1. The topological polar surface area (TPSA) is 79.0 Å². The zero-order chi connectivity index (χ0) is 12.8. The Morgan fingerprint density at radius 3 is 2.59 bits per heavy atom. The lowest BCUT2D eigenvalue weighted by Gasteiger charge is -2.15. The summed E-state index contributed by atoms with van der Waals surface area (Å²) in [6, 6.07) is 7.16. The molecule has 4 N–H and O–H groups in total. The lowest BCUT2D eigenvalue weighted by molar-refractivity contribution is -0.111. The van der Waals surface area contributed by atoms with E-state index in [-0.39, 0.29) is 11.7 Å². The Bertz CT molecular complexity index is 465. The van der Waals surface area contributed by atoms with Gasteiger partial charge in [-0.2, -0.15) is 0 Å². The van der Waals surface area contributed by atoms with Gasteiger partial charge in [0.25, 0.3) is 0 Å². The summed E-state index contributed by atoms with van der Waals surface area (Å²) in [5, 5.41) is 10.2. The Morgan fingerprint density at radius 2 is 2.06 bits per heavy atom. The molecule has 0 bridgehead atoms. The lowest BCUT2D eigenvalue weighted by atomic mass is 9.96. The third-order valence-corrected chi connectivity index (χ3v) is 2.31.